The Balaban J connectivity index is -0.000000245. The average Bonchev–Trinajstić information content (AvgIpc) is 1.83. The maximum Gasteiger partial charge on any atom is 0.330 e. The summed E-state index contributed by atoms with van der Waals surface area (Å²) in [4.78, 5) is 10.1. The first kappa shape index (κ1) is 16.1. The van der Waals surface area contributed by atoms with Crippen molar-refractivity contribution in [1.82, 2.24) is 0 Å². The zero-order chi connectivity index (χ0) is 6.41. The molecule has 0 radical (unpaired) electrons. The maximum atomic E-state index is 10.1. The van der Waals surface area contributed by atoms with E-state index in [1.165, 1.54) is 0 Å². The summed E-state index contributed by atoms with van der Waals surface area (Å²) in [6.45, 7) is 3.06. The largest absolute Gasteiger partial charge is 0.460 e. The van der Waals surface area contributed by atoms with Crippen molar-refractivity contribution < 1.29 is 14.6 Å². The summed E-state index contributed by atoms with van der Waals surface area (Å²) in [7, 11) is 0. The normalized spacial score (nSPS) is 6.50. The highest BCUT2D eigenvalue weighted by molar-refractivity contribution is 5.81. The highest BCUT2D eigenvalue weighted by atomic mass is 16.5. The van der Waals surface area contributed by atoms with Crippen molar-refractivity contribution in [2.24, 2.45) is 0 Å². The minimum Gasteiger partial charge on any atom is -0.460 e. The smallest absolute Gasteiger partial charge is 0.330 e. The lowest BCUT2D eigenvalue weighted by Gasteiger charge is -1.94. The maximum absolute atomic E-state index is 10.1. The fraction of sp³-hybridized carbons (Fsp3) is 0.571. The first-order chi connectivity index (χ1) is 3.81. The lowest BCUT2D eigenvalue weighted by atomic mass is 10.6. The molecule has 3 nitrogen and oxygen atoms in total. The van der Waals surface area contributed by atoms with Crippen LogP contribution < -0.4 is 0 Å². The zero-order valence-electron chi connectivity index (χ0n) is 4.46. The Bertz CT molecular complexity index is 88.9. The fourth-order valence-corrected chi connectivity index (χ4v) is 0.205. The van der Waals surface area contributed by atoms with Crippen molar-refractivity contribution in [1.29, 1.82) is 0 Å². The van der Waals surface area contributed by atoms with E-state index in [0.29, 0.717) is 0 Å². The molecule has 0 aliphatic rings. The van der Waals surface area contributed by atoms with Gasteiger partial charge in [-0.05, 0) is 0 Å². The summed E-state index contributed by atoms with van der Waals surface area (Å²) in [6.07, 6.45) is 1.05. The molecule has 0 aromatic carbocycles. The van der Waals surface area contributed by atoms with E-state index in [4.69, 9.17) is 5.11 Å². The number of aliphatic hydroxyl groups excluding tert-OH is 1. The van der Waals surface area contributed by atoms with Crippen molar-refractivity contribution in [2.75, 3.05) is 13.2 Å². The molecular formula is C7H16O3. The van der Waals surface area contributed by atoms with Gasteiger partial charge >= 0.3 is 5.97 Å². The summed E-state index contributed by atoms with van der Waals surface area (Å²) in [5.41, 5.74) is 0. The van der Waals surface area contributed by atoms with Crippen LogP contribution in [0.15, 0.2) is 12.7 Å². The lowest BCUT2D eigenvalue weighted by Crippen LogP contribution is -2.04. The molecule has 0 aromatic rings. The Labute approximate surface area is 62.3 Å². The molecular weight excluding hydrogens is 132 g/mol. The molecule has 10 heavy (non-hydrogen) atoms. The molecule has 0 rings (SSSR count). The second-order valence-corrected chi connectivity index (χ2v) is 1.10. The molecule has 3 heteroatoms. The van der Waals surface area contributed by atoms with Crippen LogP contribution in [0.3, 0.4) is 0 Å². The highest BCUT2D eigenvalue weighted by Crippen LogP contribution is 1.75. The topological polar surface area (TPSA) is 46.5 Å². The van der Waals surface area contributed by atoms with Gasteiger partial charge in [0.1, 0.15) is 6.61 Å². The van der Waals surface area contributed by atoms with Gasteiger partial charge in [-0.2, -0.15) is 0 Å². The van der Waals surface area contributed by atoms with Gasteiger partial charge in [-0.1, -0.05) is 21.4 Å². The van der Waals surface area contributed by atoms with Crippen molar-refractivity contribution >= 4 is 5.97 Å². The third-order valence-electron chi connectivity index (χ3n) is 0.502. The van der Waals surface area contributed by atoms with Gasteiger partial charge in [-0.25, -0.2) is 4.79 Å². The van der Waals surface area contributed by atoms with E-state index in [2.05, 4.69) is 11.3 Å². The number of carbonyl (C=O) groups is 1. The summed E-state index contributed by atoms with van der Waals surface area (Å²) >= 11 is 0. The van der Waals surface area contributed by atoms with Gasteiger partial charge < -0.3 is 9.84 Å². The fourth-order valence-electron chi connectivity index (χ4n) is 0.205. The van der Waals surface area contributed by atoms with Crippen molar-refractivity contribution in [3.63, 3.8) is 0 Å². The predicted molar refractivity (Wildman–Crippen MR) is 41.7 cm³/mol. The number of rotatable bonds is 3. The van der Waals surface area contributed by atoms with Gasteiger partial charge in [-0.3, -0.25) is 0 Å². The third-order valence-corrected chi connectivity index (χ3v) is 0.502. The predicted octanol–water partition coefficient (Wildman–Crippen LogP) is 0.980. The van der Waals surface area contributed by atoms with Crippen molar-refractivity contribution in [3.05, 3.63) is 12.7 Å². The molecule has 0 heterocycles. The molecule has 0 aliphatic carbocycles. The molecule has 0 aromatic heterocycles. The number of hydrogen-bond acceptors (Lipinski definition) is 3. The highest BCUT2D eigenvalue weighted by Gasteiger charge is 1.90. The summed E-state index contributed by atoms with van der Waals surface area (Å²) in [6, 6.07) is 0. The Morgan fingerprint density at radius 3 is 2.40 bits per heavy atom. The van der Waals surface area contributed by atoms with E-state index < -0.39 is 5.97 Å². The Hall–Kier alpha value is -0.830. The van der Waals surface area contributed by atoms with Gasteiger partial charge in [0, 0.05) is 6.08 Å². The third kappa shape index (κ3) is 10.2. The molecule has 0 bridgehead atoms. The van der Waals surface area contributed by atoms with Crippen LogP contribution in [0.25, 0.3) is 0 Å². The van der Waals surface area contributed by atoms with Crippen LogP contribution in [0.4, 0.5) is 0 Å². The standard InChI is InChI=1S/C5H8O3.2CH4/c1-2-5(7)8-4-3-6;;/h2,6H,1,3-4H2;2*1H4. The van der Waals surface area contributed by atoms with E-state index in [1.54, 1.807) is 0 Å². The van der Waals surface area contributed by atoms with Crippen molar-refractivity contribution in [2.45, 2.75) is 14.9 Å². The van der Waals surface area contributed by atoms with Crippen LogP contribution in [-0.4, -0.2) is 24.3 Å². The first-order valence-electron chi connectivity index (χ1n) is 2.21. The molecule has 0 atom stereocenters. The molecule has 0 fully saturated rings. The molecule has 0 amide bonds. The molecule has 0 aliphatic heterocycles. The Morgan fingerprint density at radius 2 is 2.10 bits per heavy atom. The lowest BCUT2D eigenvalue weighted by molar-refractivity contribution is -0.138. The minimum atomic E-state index is -0.501. The van der Waals surface area contributed by atoms with Crippen molar-refractivity contribution in [3.8, 4) is 0 Å². The number of ether oxygens (including phenoxy) is 1. The van der Waals surface area contributed by atoms with E-state index in [1.807, 2.05) is 0 Å². The first-order valence-corrected chi connectivity index (χ1v) is 2.21. The van der Waals surface area contributed by atoms with Gasteiger partial charge in [0.25, 0.3) is 0 Å². The molecule has 0 unspecified atom stereocenters. The Kier molecular flexibility index (Phi) is 17.7. The van der Waals surface area contributed by atoms with Crippen LogP contribution in [-0.2, 0) is 9.53 Å². The van der Waals surface area contributed by atoms with E-state index in [9.17, 15) is 4.79 Å². The minimum absolute atomic E-state index is 0. The quantitative estimate of drug-likeness (QED) is 0.479. The number of aliphatic hydroxyl groups is 1. The number of esters is 1. The van der Waals surface area contributed by atoms with E-state index >= 15 is 0 Å². The van der Waals surface area contributed by atoms with E-state index in [0.717, 1.165) is 6.08 Å². The molecule has 0 saturated heterocycles. The number of carbonyl (C=O) groups excluding carboxylic acids is 1. The second kappa shape index (κ2) is 11.0. The van der Waals surface area contributed by atoms with Crippen LogP contribution in [0.2, 0.25) is 0 Å². The summed E-state index contributed by atoms with van der Waals surface area (Å²) in [5.74, 6) is -0.501. The van der Waals surface area contributed by atoms with Gasteiger partial charge in [-0.15, -0.1) is 0 Å². The average molecular weight is 148 g/mol. The Morgan fingerprint density at radius 1 is 1.60 bits per heavy atom. The van der Waals surface area contributed by atoms with E-state index in [-0.39, 0.29) is 28.1 Å². The number of hydrogen-bond donors (Lipinski definition) is 1. The molecule has 0 saturated carbocycles. The SMILES string of the molecule is C.C.C=CC(=O)OCCO. The van der Waals surface area contributed by atoms with Crippen LogP contribution >= 0.6 is 0 Å². The summed E-state index contributed by atoms with van der Waals surface area (Å²) < 4.78 is 4.33. The van der Waals surface area contributed by atoms with Gasteiger partial charge in [0.15, 0.2) is 0 Å². The zero-order valence-corrected chi connectivity index (χ0v) is 4.46. The van der Waals surface area contributed by atoms with Crippen LogP contribution in [0.5, 0.6) is 0 Å². The molecule has 1 N–H and O–H groups in total. The van der Waals surface area contributed by atoms with Gasteiger partial charge in [0.2, 0.25) is 0 Å². The molecule has 62 valence electrons. The monoisotopic (exact) mass is 148 g/mol. The second-order valence-electron chi connectivity index (χ2n) is 1.10. The summed E-state index contributed by atoms with van der Waals surface area (Å²) in [5, 5.41) is 8.10. The van der Waals surface area contributed by atoms with Crippen LogP contribution in [0.1, 0.15) is 14.9 Å². The van der Waals surface area contributed by atoms with Crippen LogP contribution in [0, 0.1) is 0 Å². The van der Waals surface area contributed by atoms with Gasteiger partial charge in [0.05, 0.1) is 6.61 Å². The molecule has 0 spiro atoms.